The molecule has 0 spiro atoms. The second kappa shape index (κ2) is 10.2. The number of aliphatic hydroxyl groups is 1. The van der Waals surface area contributed by atoms with E-state index in [0.29, 0.717) is 37.0 Å². The molecule has 5 atom stereocenters. The van der Waals surface area contributed by atoms with Crippen LogP contribution in [0.3, 0.4) is 0 Å². The fourth-order valence-corrected chi connectivity index (χ4v) is 8.73. The lowest BCUT2D eigenvalue weighted by Crippen LogP contribution is -2.41. The number of nitrogens with zero attached hydrogens (tertiary/aromatic N) is 6. The highest BCUT2D eigenvalue weighted by molar-refractivity contribution is 8.00. The topological polar surface area (TPSA) is 105 Å². The molecule has 1 aromatic carbocycles. The molecule has 232 valence electrons. The Hall–Kier alpha value is -3.08. The van der Waals surface area contributed by atoms with Crippen LogP contribution in [0.2, 0.25) is 0 Å². The van der Waals surface area contributed by atoms with Crippen molar-refractivity contribution in [3.05, 3.63) is 41.5 Å². The number of rotatable bonds is 5. The van der Waals surface area contributed by atoms with Crippen molar-refractivity contribution in [2.24, 2.45) is 17.6 Å². The van der Waals surface area contributed by atoms with Crippen molar-refractivity contribution in [2.45, 2.75) is 96.6 Å². The van der Waals surface area contributed by atoms with Crippen LogP contribution in [0.5, 0.6) is 0 Å². The van der Waals surface area contributed by atoms with Crippen LogP contribution in [0.1, 0.15) is 75.7 Å². The second-order valence-corrected chi connectivity index (χ2v) is 15.1. The smallest absolute Gasteiger partial charge is 0.254 e. The Balaban J connectivity index is 1.27. The number of fused-ring (bicyclic) bond motifs is 1. The average Bonchev–Trinajstić information content (AvgIpc) is 3.58. The average molecular weight is 614 g/mol. The van der Waals surface area contributed by atoms with Crippen molar-refractivity contribution in [1.29, 1.82) is 0 Å². The van der Waals surface area contributed by atoms with Crippen LogP contribution in [0, 0.1) is 11.8 Å². The van der Waals surface area contributed by atoms with Gasteiger partial charge in [0.25, 0.3) is 5.91 Å². The third kappa shape index (κ3) is 4.47. The molecule has 3 fully saturated rings. The summed E-state index contributed by atoms with van der Waals surface area (Å²) >= 11 is 1.88. The summed E-state index contributed by atoms with van der Waals surface area (Å²) in [6, 6.07) is 10.8. The molecule has 4 aromatic rings. The molecule has 10 heteroatoms. The summed E-state index contributed by atoms with van der Waals surface area (Å²) in [6.07, 6.45) is 5.46. The van der Waals surface area contributed by atoms with Gasteiger partial charge in [0.15, 0.2) is 5.82 Å². The van der Waals surface area contributed by atoms with Crippen LogP contribution in [0.4, 0.5) is 5.82 Å². The molecule has 0 bridgehead atoms. The van der Waals surface area contributed by atoms with Gasteiger partial charge in [0.05, 0.1) is 22.3 Å². The monoisotopic (exact) mass is 613 g/mol. The second-order valence-electron chi connectivity index (χ2n) is 14.1. The van der Waals surface area contributed by atoms with Gasteiger partial charge in [-0.3, -0.25) is 9.10 Å². The molecule has 4 aliphatic rings. The van der Waals surface area contributed by atoms with Crippen LogP contribution >= 0.6 is 11.9 Å². The minimum Gasteiger partial charge on any atom is -0.385 e. The summed E-state index contributed by atoms with van der Waals surface area (Å²) < 4.78 is 7.02. The molecule has 1 saturated carbocycles. The summed E-state index contributed by atoms with van der Waals surface area (Å²) in [5.41, 5.74) is 10.4. The molecule has 0 radical (unpaired) electrons. The number of imidazole rings is 1. The Bertz CT molecular complexity index is 1790. The van der Waals surface area contributed by atoms with Gasteiger partial charge in [-0.15, -0.1) is 0 Å². The first kappa shape index (κ1) is 28.4. The highest BCUT2D eigenvalue weighted by atomic mass is 32.2. The molecular formula is C34H43N7O2S. The number of benzene rings is 1. The van der Waals surface area contributed by atoms with Crippen molar-refractivity contribution in [3.8, 4) is 11.5 Å². The van der Waals surface area contributed by atoms with E-state index in [2.05, 4.69) is 45.5 Å². The van der Waals surface area contributed by atoms with Gasteiger partial charge < -0.3 is 24.9 Å². The number of amides is 1. The Morgan fingerprint density at radius 1 is 1.14 bits per heavy atom. The van der Waals surface area contributed by atoms with Gasteiger partial charge in [0.2, 0.25) is 0 Å². The van der Waals surface area contributed by atoms with Gasteiger partial charge in [-0.2, -0.15) is 0 Å². The van der Waals surface area contributed by atoms with E-state index in [1.54, 1.807) is 0 Å². The normalized spacial score (nSPS) is 28.9. The van der Waals surface area contributed by atoms with E-state index in [-0.39, 0.29) is 23.9 Å². The van der Waals surface area contributed by atoms with Crippen LogP contribution in [0.15, 0.2) is 30.3 Å². The van der Waals surface area contributed by atoms with Crippen molar-refractivity contribution in [1.82, 2.24) is 24.0 Å². The Labute approximate surface area is 262 Å². The number of likely N-dealkylation sites (tertiary alicyclic amines) is 1. The third-order valence-corrected chi connectivity index (χ3v) is 12.0. The molecule has 9 nitrogen and oxygen atoms in total. The fourth-order valence-electron chi connectivity index (χ4n) is 7.64. The van der Waals surface area contributed by atoms with Gasteiger partial charge in [-0.05, 0) is 107 Å². The van der Waals surface area contributed by atoms with Crippen molar-refractivity contribution >= 4 is 45.7 Å². The minimum absolute atomic E-state index is 0.0416. The van der Waals surface area contributed by atoms with E-state index in [1.807, 2.05) is 42.8 Å². The van der Waals surface area contributed by atoms with Crippen LogP contribution in [0.25, 0.3) is 33.6 Å². The number of carbonyl (C=O) groups is 1. The number of pyridine rings is 1. The summed E-state index contributed by atoms with van der Waals surface area (Å²) in [6.45, 7) is 10.5. The van der Waals surface area contributed by atoms with Crippen molar-refractivity contribution in [2.75, 3.05) is 16.6 Å². The van der Waals surface area contributed by atoms with E-state index in [4.69, 9.17) is 15.7 Å². The Morgan fingerprint density at radius 3 is 2.68 bits per heavy atom. The van der Waals surface area contributed by atoms with Gasteiger partial charge >= 0.3 is 0 Å². The maximum Gasteiger partial charge on any atom is 0.254 e. The minimum atomic E-state index is -1.05. The lowest BCUT2D eigenvalue weighted by Gasteiger charge is -2.32. The number of aryl methyl sites for hydroxylation is 1. The van der Waals surface area contributed by atoms with Gasteiger partial charge in [-0.25, -0.2) is 9.97 Å². The van der Waals surface area contributed by atoms with E-state index in [0.717, 1.165) is 57.3 Å². The molecule has 5 unspecified atom stereocenters. The summed E-state index contributed by atoms with van der Waals surface area (Å²) in [7, 11) is 0. The standard InChI is InChI=1S/C34H43N7O2S/c1-19-17-39(21(3)29(19)35)33(42)24-14-25-30-26(15-24)36-32(38(30)12-11-34(25,4)43)27-16-23-9-10-28(41-20(2)6-5-13-44-41)37-31(23)40(27)18-22-7-8-22/h9-10,14-16,19-22,29,43H,5-8,11-13,17-18,35H2,1-4H3. The third-order valence-electron chi connectivity index (χ3n) is 10.7. The number of anilines is 1. The molecule has 1 aliphatic carbocycles. The number of carbonyl (C=O) groups excluding carboxylic acids is 1. The maximum absolute atomic E-state index is 13.9. The largest absolute Gasteiger partial charge is 0.385 e. The van der Waals surface area contributed by atoms with Gasteiger partial charge in [0.1, 0.15) is 11.5 Å². The summed E-state index contributed by atoms with van der Waals surface area (Å²) in [5.74, 6) is 3.88. The van der Waals surface area contributed by atoms with Gasteiger partial charge in [-0.1, -0.05) is 6.92 Å². The lowest BCUT2D eigenvalue weighted by atomic mass is 9.87. The van der Waals surface area contributed by atoms with E-state index < -0.39 is 5.60 Å². The molecule has 2 saturated heterocycles. The zero-order valence-corrected chi connectivity index (χ0v) is 27.0. The molecule has 3 aromatic heterocycles. The number of hydrogen-bond donors (Lipinski definition) is 2. The highest BCUT2D eigenvalue weighted by Crippen LogP contribution is 2.43. The first-order valence-corrected chi connectivity index (χ1v) is 17.3. The predicted molar refractivity (Wildman–Crippen MR) is 177 cm³/mol. The van der Waals surface area contributed by atoms with Crippen LogP contribution in [-0.4, -0.2) is 65.4 Å². The van der Waals surface area contributed by atoms with E-state index in [9.17, 15) is 9.90 Å². The maximum atomic E-state index is 13.9. The molecular weight excluding hydrogens is 570 g/mol. The SMILES string of the molecule is CC1CN(C(=O)c2cc3c4c(c2)nc(-c2cc5ccc(N6SCCCC6C)nc5n2CC2CC2)n4CCC3(C)O)C(C)C1N. The van der Waals surface area contributed by atoms with Crippen LogP contribution in [-0.2, 0) is 18.7 Å². The Morgan fingerprint density at radius 2 is 1.95 bits per heavy atom. The zero-order chi connectivity index (χ0) is 30.5. The zero-order valence-electron chi connectivity index (χ0n) is 26.2. The molecule has 3 aliphatic heterocycles. The predicted octanol–water partition coefficient (Wildman–Crippen LogP) is 5.52. The molecule has 1 amide bonds. The van der Waals surface area contributed by atoms with E-state index >= 15 is 0 Å². The van der Waals surface area contributed by atoms with Crippen molar-refractivity contribution in [3.63, 3.8) is 0 Å². The Kier molecular flexibility index (Phi) is 6.60. The fraction of sp³-hybridized carbons (Fsp3) is 0.559. The van der Waals surface area contributed by atoms with Crippen molar-refractivity contribution < 1.29 is 9.90 Å². The lowest BCUT2D eigenvalue weighted by molar-refractivity contribution is 0.0398. The molecule has 6 heterocycles. The highest BCUT2D eigenvalue weighted by Gasteiger charge is 2.39. The van der Waals surface area contributed by atoms with Gasteiger partial charge in [0, 0.05) is 60.0 Å². The first-order chi connectivity index (χ1) is 21.1. The number of hydrogen-bond acceptors (Lipinski definition) is 7. The molecule has 44 heavy (non-hydrogen) atoms. The van der Waals surface area contributed by atoms with Crippen LogP contribution < -0.4 is 10.0 Å². The first-order valence-electron chi connectivity index (χ1n) is 16.4. The molecule has 8 rings (SSSR count). The number of nitrogens with two attached hydrogens (primary N) is 1. The molecule has 3 N–H and O–H groups in total. The van der Waals surface area contributed by atoms with E-state index in [1.165, 1.54) is 25.7 Å². The summed E-state index contributed by atoms with van der Waals surface area (Å²) in [5, 5.41) is 12.7. The quantitative estimate of drug-likeness (QED) is 0.286. The number of aromatic nitrogens is 4. The summed E-state index contributed by atoms with van der Waals surface area (Å²) in [4.78, 5) is 26.3.